The Morgan fingerprint density at radius 3 is 2.79 bits per heavy atom. The first-order valence-electron chi connectivity index (χ1n) is 7.84. The topological polar surface area (TPSA) is 49.8 Å². The summed E-state index contributed by atoms with van der Waals surface area (Å²) in [6.45, 7) is 1.05. The summed E-state index contributed by atoms with van der Waals surface area (Å²) in [6, 6.07) is 11.5. The molecule has 6 heteroatoms. The smallest absolute Gasteiger partial charge is 0.167 e. The molecule has 1 aliphatic heterocycles. The highest BCUT2D eigenvalue weighted by molar-refractivity contribution is 7.98. The summed E-state index contributed by atoms with van der Waals surface area (Å²) in [5.74, 6) is 3.32. The molecule has 0 N–H and O–H groups in total. The van der Waals surface area contributed by atoms with Crippen LogP contribution in [0.2, 0.25) is 0 Å². The molecular formula is C18H21NO4S. The van der Waals surface area contributed by atoms with E-state index in [-0.39, 0.29) is 12.4 Å². The zero-order valence-corrected chi connectivity index (χ0v) is 14.4. The van der Waals surface area contributed by atoms with Crippen LogP contribution >= 0.6 is 11.8 Å². The van der Waals surface area contributed by atoms with Crippen molar-refractivity contribution in [2.24, 2.45) is 0 Å². The average molecular weight is 347 g/mol. The van der Waals surface area contributed by atoms with Gasteiger partial charge in [0, 0.05) is 23.9 Å². The summed E-state index contributed by atoms with van der Waals surface area (Å²) in [4.78, 5) is 4.11. The van der Waals surface area contributed by atoms with Gasteiger partial charge in [0.1, 0.15) is 24.2 Å². The minimum absolute atomic E-state index is 0.0314. The standard InChI is InChI=1S/C18H21NO4S/c1-20-15-4-6-16(7-5-15)21-10-17-11-22-18(23-17)13-24-12-14-3-2-8-19-9-14/h2-9,17-18H,10-13H2,1H3. The van der Waals surface area contributed by atoms with Gasteiger partial charge in [-0.2, -0.15) is 11.8 Å². The molecule has 1 saturated heterocycles. The molecule has 3 rings (SSSR count). The Balaban J connectivity index is 1.34. The van der Waals surface area contributed by atoms with Crippen molar-refractivity contribution in [3.63, 3.8) is 0 Å². The lowest BCUT2D eigenvalue weighted by Crippen LogP contribution is -2.21. The summed E-state index contributed by atoms with van der Waals surface area (Å²) >= 11 is 1.78. The van der Waals surface area contributed by atoms with Gasteiger partial charge in [-0.1, -0.05) is 6.07 Å². The monoisotopic (exact) mass is 347 g/mol. The number of hydrogen-bond donors (Lipinski definition) is 0. The van der Waals surface area contributed by atoms with Crippen LogP contribution < -0.4 is 9.47 Å². The van der Waals surface area contributed by atoms with E-state index >= 15 is 0 Å². The molecule has 1 aromatic carbocycles. The van der Waals surface area contributed by atoms with Gasteiger partial charge in [-0.25, -0.2) is 0 Å². The van der Waals surface area contributed by atoms with Gasteiger partial charge in [0.15, 0.2) is 6.29 Å². The van der Waals surface area contributed by atoms with Gasteiger partial charge >= 0.3 is 0 Å². The fourth-order valence-corrected chi connectivity index (χ4v) is 3.19. The lowest BCUT2D eigenvalue weighted by atomic mass is 10.3. The third-order valence-electron chi connectivity index (χ3n) is 3.55. The molecule has 5 nitrogen and oxygen atoms in total. The number of methoxy groups -OCH3 is 1. The van der Waals surface area contributed by atoms with Crippen LogP contribution in [-0.2, 0) is 15.2 Å². The number of rotatable bonds is 8. The molecule has 2 atom stereocenters. The lowest BCUT2D eigenvalue weighted by molar-refractivity contribution is -0.0451. The maximum atomic E-state index is 5.86. The molecule has 24 heavy (non-hydrogen) atoms. The van der Waals surface area contributed by atoms with Crippen molar-refractivity contribution in [3.8, 4) is 11.5 Å². The fourth-order valence-electron chi connectivity index (χ4n) is 2.30. The average Bonchev–Trinajstić information content (AvgIpc) is 3.09. The third kappa shape index (κ3) is 5.12. The van der Waals surface area contributed by atoms with Crippen LogP contribution in [0, 0.1) is 0 Å². The van der Waals surface area contributed by atoms with Gasteiger partial charge in [0.2, 0.25) is 0 Å². The first-order chi connectivity index (χ1) is 11.8. The predicted octanol–water partition coefficient (Wildman–Crippen LogP) is 3.14. The third-order valence-corrected chi connectivity index (χ3v) is 4.60. The van der Waals surface area contributed by atoms with E-state index in [0.717, 1.165) is 23.0 Å². The second kappa shape index (κ2) is 8.92. The van der Waals surface area contributed by atoms with E-state index < -0.39 is 0 Å². The molecule has 0 bridgehead atoms. The van der Waals surface area contributed by atoms with E-state index in [1.54, 1.807) is 25.1 Å². The zero-order chi connectivity index (χ0) is 16.6. The van der Waals surface area contributed by atoms with E-state index in [1.165, 1.54) is 5.56 Å². The van der Waals surface area contributed by atoms with Crippen molar-refractivity contribution in [1.29, 1.82) is 0 Å². The van der Waals surface area contributed by atoms with Gasteiger partial charge in [-0.3, -0.25) is 4.98 Å². The van der Waals surface area contributed by atoms with Crippen LogP contribution in [-0.4, -0.2) is 43.5 Å². The van der Waals surface area contributed by atoms with Crippen molar-refractivity contribution in [2.75, 3.05) is 26.1 Å². The zero-order valence-electron chi connectivity index (χ0n) is 13.6. The molecule has 0 saturated carbocycles. The predicted molar refractivity (Wildman–Crippen MR) is 93.5 cm³/mol. The summed E-state index contributed by atoms with van der Waals surface area (Å²) in [5.41, 5.74) is 1.21. The van der Waals surface area contributed by atoms with Crippen LogP contribution in [0.25, 0.3) is 0 Å². The highest BCUT2D eigenvalue weighted by Gasteiger charge is 2.26. The Bertz CT molecular complexity index is 608. The van der Waals surface area contributed by atoms with Crippen molar-refractivity contribution < 1.29 is 18.9 Å². The Morgan fingerprint density at radius 1 is 1.21 bits per heavy atom. The molecule has 128 valence electrons. The van der Waals surface area contributed by atoms with Gasteiger partial charge in [0.25, 0.3) is 0 Å². The molecular weight excluding hydrogens is 326 g/mol. The van der Waals surface area contributed by atoms with E-state index in [1.807, 2.05) is 36.5 Å². The number of pyridine rings is 1. The van der Waals surface area contributed by atoms with E-state index in [2.05, 4.69) is 11.1 Å². The molecule has 2 heterocycles. The second-order valence-electron chi connectivity index (χ2n) is 5.38. The molecule has 1 fully saturated rings. The van der Waals surface area contributed by atoms with Gasteiger partial charge in [-0.15, -0.1) is 0 Å². The van der Waals surface area contributed by atoms with Gasteiger partial charge in [-0.05, 0) is 35.9 Å². The van der Waals surface area contributed by atoms with Crippen LogP contribution in [0.15, 0.2) is 48.8 Å². The van der Waals surface area contributed by atoms with E-state index in [0.29, 0.717) is 13.2 Å². The Hall–Kier alpha value is -1.76. The van der Waals surface area contributed by atoms with Gasteiger partial charge in [0.05, 0.1) is 13.7 Å². The van der Waals surface area contributed by atoms with E-state index in [4.69, 9.17) is 18.9 Å². The van der Waals surface area contributed by atoms with Crippen LogP contribution in [0.1, 0.15) is 5.56 Å². The number of ether oxygens (including phenoxy) is 4. The van der Waals surface area contributed by atoms with Crippen molar-refractivity contribution in [3.05, 3.63) is 54.4 Å². The molecule has 1 aromatic heterocycles. The quantitative estimate of drug-likeness (QED) is 0.731. The molecule has 1 aliphatic rings. The van der Waals surface area contributed by atoms with E-state index in [9.17, 15) is 0 Å². The Labute approximate surface area is 146 Å². The summed E-state index contributed by atoms with van der Waals surface area (Å²) in [7, 11) is 1.64. The maximum absolute atomic E-state index is 5.86. The molecule has 0 radical (unpaired) electrons. The lowest BCUT2D eigenvalue weighted by Gasteiger charge is -2.12. The molecule has 2 aromatic rings. The first-order valence-corrected chi connectivity index (χ1v) is 8.99. The highest BCUT2D eigenvalue weighted by atomic mass is 32.2. The molecule has 0 aliphatic carbocycles. The van der Waals surface area contributed by atoms with Crippen LogP contribution in [0.3, 0.4) is 0 Å². The van der Waals surface area contributed by atoms with Crippen molar-refractivity contribution >= 4 is 11.8 Å². The Kier molecular flexibility index (Phi) is 6.34. The number of aromatic nitrogens is 1. The highest BCUT2D eigenvalue weighted by Crippen LogP contribution is 2.21. The Morgan fingerprint density at radius 2 is 2.04 bits per heavy atom. The number of nitrogens with zero attached hydrogens (tertiary/aromatic N) is 1. The first kappa shape index (κ1) is 17.1. The number of hydrogen-bond acceptors (Lipinski definition) is 6. The molecule has 0 spiro atoms. The largest absolute Gasteiger partial charge is 0.497 e. The SMILES string of the molecule is COc1ccc(OCC2COC(CSCc3cccnc3)O2)cc1. The van der Waals surface area contributed by atoms with Crippen molar-refractivity contribution in [2.45, 2.75) is 18.1 Å². The van der Waals surface area contributed by atoms with Gasteiger partial charge < -0.3 is 18.9 Å². The number of benzene rings is 1. The summed E-state index contributed by atoms with van der Waals surface area (Å²) in [6.07, 6.45) is 3.46. The second-order valence-corrected chi connectivity index (χ2v) is 6.41. The van der Waals surface area contributed by atoms with Crippen LogP contribution in [0.5, 0.6) is 11.5 Å². The van der Waals surface area contributed by atoms with Crippen LogP contribution in [0.4, 0.5) is 0 Å². The number of thioether (sulfide) groups is 1. The molecule has 2 unspecified atom stereocenters. The van der Waals surface area contributed by atoms with Crippen molar-refractivity contribution in [1.82, 2.24) is 4.98 Å². The minimum Gasteiger partial charge on any atom is -0.497 e. The summed E-state index contributed by atoms with van der Waals surface area (Å²) < 4.78 is 22.4. The summed E-state index contributed by atoms with van der Waals surface area (Å²) in [5, 5.41) is 0. The normalized spacial score (nSPS) is 20.0. The maximum Gasteiger partial charge on any atom is 0.167 e. The molecule has 0 amide bonds. The minimum atomic E-state index is -0.170. The fraction of sp³-hybridized carbons (Fsp3) is 0.389.